The summed E-state index contributed by atoms with van der Waals surface area (Å²) in [6.45, 7) is 2.07. The Morgan fingerprint density at radius 1 is 1.42 bits per heavy atom. The molecule has 1 heterocycles. The van der Waals surface area contributed by atoms with Crippen molar-refractivity contribution in [2.45, 2.75) is 13.5 Å². The molecule has 0 saturated heterocycles. The lowest BCUT2D eigenvalue weighted by Gasteiger charge is -2.08. The summed E-state index contributed by atoms with van der Waals surface area (Å²) < 4.78 is 26.8. The van der Waals surface area contributed by atoms with Crippen LogP contribution in [0.5, 0.6) is 0 Å². The summed E-state index contributed by atoms with van der Waals surface area (Å²) in [5.41, 5.74) is 6.18. The minimum atomic E-state index is -0.980. The van der Waals surface area contributed by atoms with E-state index >= 15 is 0 Å². The van der Waals surface area contributed by atoms with E-state index < -0.39 is 17.5 Å². The lowest BCUT2D eigenvalue weighted by Crippen LogP contribution is -2.14. The van der Waals surface area contributed by atoms with Gasteiger partial charge in [0.05, 0.1) is 29.8 Å². The van der Waals surface area contributed by atoms with Crippen molar-refractivity contribution in [2.75, 3.05) is 5.32 Å². The number of primary amides is 1. The molecule has 2 aromatic rings. The number of aromatic nitrogens is 2. The van der Waals surface area contributed by atoms with Gasteiger partial charge in [-0.3, -0.25) is 4.79 Å². The van der Waals surface area contributed by atoms with E-state index in [0.29, 0.717) is 11.8 Å². The first-order chi connectivity index (χ1) is 8.99. The van der Waals surface area contributed by atoms with Crippen LogP contribution in [0.25, 0.3) is 0 Å². The van der Waals surface area contributed by atoms with Gasteiger partial charge in [-0.05, 0) is 13.0 Å². The van der Waals surface area contributed by atoms with Crippen molar-refractivity contribution in [3.8, 4) is 0 Å². The number of nitrogens with zero attached hydrogens (tertiary/aromatic N) is 1. The van der Waals surface area contributed by atoms with Crippen molar-refractivity contribution >= 4 is 11.6 Å². The van der Waals surface area contributed by atoms with Gasteiger partial charge in [0.15, 0.2) is 0 Å². The molecule has 4 N–H and O–H groups in total. The van der Waals surface area contributed by atoms with E-state index in [1.54, 1.807) is 0 Å². The first-order valence-electron chi connectivity index (χ1n) is 5.50. The van der Waals surface area contributed by atoms with Crippen LogP contribution in [0.3, 0.4) is 0 Å². The first-order valence-corrected chi connectivity index (χ1v) is 5.50. The van der Waals surface area contributed by atoms with E-state index in [0.717, 1.165) is 11.8 Å². The maximum Gasteiger partial charge on any atom is 0.251 e. The number of hydrogen-bond donors (Lipinski definition) is 3. The van der Waals surface area contributed by atoms with Crippen LogP contribution in [-0.2, 0) is 6.54 Å². The average molecular weight is 266 g/mol. The predicted octanol–water partition coefficient (Wildman–Crippen LogP) is 1.71. The molecule has 1 amide bonds. The fraction of sp³-hybridized carbons (Fsp3) is 0.167. The highest BCUT2D eigenvalue weighted by Gasteiger charge is 2.14. The number of anilines is 1. The standard InChI is InChI=1S/C12H12F2N4O/c1-6-11(18-5-17-6)4-16-10-2-7(12(15)19)8(13)3-9(10)14/h2-3,5,16H,4H2,1H3,(H2,15,19)(H,17,18). The van der Waals surface area contributed by atoms with Crippen LogP contribution in [0, 0.1) is 18.6 Å². The smallest absolute Gasteiger partial charge is 0.251 e. The topological polar surface area (TPSA) is 83.8 Å². The Balaban J connectivity index is 2.23. The number of halogens is 2. The van der Waals surface area contributed by atoms with Gasteiger partial charge in [0.2, 0.25) is 0 Å². The largest absolute Gasteiger partial charge is 0.377 e. The Kier molecular flexibility index (Phi) is 3.46. The normalized spacial score (nSPS) is 10.5. The lowest BCUT2D eigenvalue weighted by atomic mass is 10.1. The van der Waals surface area contributed by atoms with Gasteiger partial charge in [-0.15, -0.1) is 0 Å². The molecule has 0 saturated carbocycles. The number of aryl methyl sites for hydroxylation is 1. The highest BCUT2D eigenvalue weighted by atomic mass is 19.1. The van der Waals surface area contributed by atoms with Crippen molar-refractivity contribution in [3.05, 3.63) is 47.0 Å². The van der Waals surface area contributed by atoms with E-state index in [1.807, 2.05) is 6.92 Å². The van der Waals surface area contributed by atoms with Gasteiger partial charge in [0, 0.05) is 11.8 Å². The number of imidazole rings is 1. The molecule has 19 heavy (non-hydrogen) atoms. The highest BCUT2D eigenvalue weighted by molar-refractivity contribution is 5.94. The van der Waals surface area contributed by atoms with E-state index in [1.165, 1.54) is 6.33 Å². The van der Waals surface area contributed by atoms with E-state index in [2.05, 4.69) is 15.3 Å². The molecule has 5 nitrogen and oxygen atoms in total. The fourth-order valence-corrected chi connectivity index (χ4v) is 1.62. The Hall–Kier alpha value is -2.44. The third-order valence-corrected chi connectivity index (χ3v) is 2.70. The van der Waals surface area contributed by atoms with Crippen LogP contribution in [0.15, 0.2) is 18.5 Å². The molecule has 7 heteroatoms. The first kappa shape index (κ1) is 13.0. The van der Waals surface area contributed by atoms with Crippen molar-refractivity contribution < 1.29 is 13.6 Å². The predicted molar refractivity (Wildman–Crippen MR) is 65.5 cm³/mol. The number of nitrogens with two attached hydrogens (primary N) is 1. The quantitative estimate of drug-likeness (QED) is 0.787. The second-order valence-electron chi connectivity index (χ2n) is 4.00. The minimum absolute atomic E-state index is 0.00222. The van der Waals surface area contributed by atoms with E-state index in [-0.39, 0.29) is 17.8 Å². The van der Waals surface area contributed by atoms with E-state index in [9.17, 15) is 13.6 Å². The van der Waals surface area contributed by atoms with Gasteiger partial charge < -0.3 is 16.0 Å². The van der Waals surface area contributed by atoms with Gasteiger partial charge in [0.25, 0.3) is 5.91 Å². The monoisotopic (exact) mass is 266 g/mol. The number of hydrogen-bond acceptors (Lipinski definition) is 3. The second kappa shape index (κ2) is 5.05. The summed E-state index contributed by atoms with van der Waals surface area (Å²) in [6, 6.07) is 1.68. The van der Waals surface area contributed by atoms with Crippen LogP contribution in [0.1, 0.15) is 21.7 Å². The van der Waals surface area contributed by atoms with Crippen LogP contribution in [0.2, 0.25) is 0 Å². The summed E-state index contributed by atoms with van der Waals surface area (Å²) >= 11 is 0. The zero-order valence-electron chi connectivity index (χ0n) is 10.1. The molecule has 100 valence electrons. The van der Waals surface area contributed by atoms with Crippen molar-refractivity contribution in [1.82, 2.24) is 9.97 Å². The number of carbonyl (C=O) groups excluding carboxylic acids is 1. The van der Waals surface area contributed by atoms with Gasteiger partial charge >= 0.3 is 0 Å². The third kappa shape index (κ3) is 2.70. The molecule has 0 radical (unpaired) electrons. The number of carbonyl (C=O) groups is 1. The maximum absolute atomic E-state index is 13.5. The molecule has 0 spiro atoms. The summed E-state index contributed by atoms with van der Waals surface area (Å²) in [6.07, 6.45) is 1.52. The number of aromatic amines is 1. The summed E-state index contributed by atoms with van der Waals surface area (Å²) in [5.74, 6) is -2.72. The maximum atomic E-state index is 13.5. The van der Waals surface area contributed by atoms with Crippen LogP contribution < -0.4 is 11.1 Å². The van der Waals surface area contributed by atoms with Gasteiger partial charge in [-0.2, -0.15) is 0 Å². The fourth-order valence-electron chi connectivity index (χ4n) is 1.62. The molecule has 1 aromatic heterocycles. The molecular formula is C12H12F2N4O. The van der Waals surface area contributed by atoms with E-state index in [4.69, 9.17) is 5.73 Å². The molecule has 2 rings (SSSR count). The molecule has 0 atom stereocenters. The Morgan fingerprint density at radius 3 is 2.74 bits per heavy atom. The van der Waals surface area contributed by atoms with Crippen LogP contribution >= 0.6 is 0 Å². The molecule has 0 aliphatic carbocycles. The summed E-state index contributed by atoms with van der Waals surface area (Å²) in [5, 5.41) is 2.75. The molecule has 0 aliphatic rings. The van der Waals surface area contributed by atoms with Crippen molar-refractivity contribution in [1.29, 1.82) is 0 Å². The third-order valence-electron chi connectivity index (χ3n) is 2.70. The molecule has 1 aromatic carbocycles. The molecule has 0 aliphatic heterocycles. The van der Waals surface area contributed by atoms with Crippen molar-refractivity contribution in [2.24, 2.45) is 5.73 Å². The highest BCUT2D eigenvalue weighted by Crippen LogP contribution is 2.20. The lowest BCUT2D eigenvalue weighted by molar-refractivity contribution is 0.0996. The number of amides is 1. The number of benzene rings is 1. The summed E-state index contributed by atoms with van der Waals surface area (Å²) in [7, 11) is 0. The number of H-pyrrole nitrogens is 1. The Labute approximate surface area is 107 Å². The van der Waals surface area contributed by atoms with Gasteiger partial charge in [0.1, 0.15) is 11.6 Å². The molecule has 0 fully saturated rings. The van der Waals surface area contributed by atoms with Crippen LogP contribution in [0.4, 0.5) is 14.5 Å². The Bertz CT molecular complexity index is 624. The van der Waals surface area contributed by atoms with Crippen molar-refractivity contribution in [3.63, 3.8) is 0 Å². The number of rotatable bonds is 4. The number of nitrogens with one attached hydrogen (secondary N) is 2. The zero-order valence-corrected chi connectivity index (χ0v) is 10.1. The van der Waals surface area contributed by atoms with Crippen LogP contribution in [-0.4, -0.2) is 15.9 Å². The van der Waals surface area contributed by atoms with Gasteiger partial charge in [-0.1, -0.05) is 0 Å². The second-order valence-corrected chi connectivity index (χ2v) is 4.00. The summed E-state index contributed by atoms with van der Waals surface area (Å²) in [4.78, 5) is 17.9. The average Bonchev–Trinajstić information content (AvgIpc) is 2.73. The van der Waals surface area contributed by atoms with Gasteiger partial charge in [-0.25, -0.2) is 13.8 Å². The molecular weight excluding hydrogens is 254 g/mol. The Morgan fingerprint density at radius 2 is 2.16 bits per heavy atom. The molecule has 0 bridgehead atoms. The zero-order chi connectivity index (χ0) is 14.0. The SMILES string of the molecule is Cc1[nH]cnc1CNc1cc(C(N)=O)c(F)cc1F. The molecule has 0 unspecified atom stereocenters. The minimum Gasteiger partial charge on any atom is -0.377 e.